The first kappa shape index (κ1) is 23.3. The zero-order valence-corrected chi connectivity index (χ0v) is 21.2. The van der Waals surface area contributed by atoms with Crippen molar-refractivity contribution in [1.29, 1.82) is 0 Å². The summed E-state index contributed by atoms with van der Waals surface area (Å²) >= 11 is 1.75. The van der Waals surface area contributed by atoms with Gasteiger partial charge in [0.1, 0.15) is 5.78 Å². The maximum Gasteiger partial charge on any atom is 0.135 e. The van der Waals surface area contributed by atoms with Crippen LogP contribution in [0.25, 0.3) is 0 Å². The summed E-state index contributed by atoms with van der Waals surface area (Å²) < 4.78 is 0. The molecule has 2 unspecified atom stereocenters. The molecule has 4 nitrogen and oxygen atoms in total. The Morgan fingerprint density at radius 1 is 1.15 bits per heavy atom. The normalized spacial score (nSPS) is 47.1. The summed E-state index contributed by atoms with van der Waals surface area (Å²) in [6.07, 6.45) is 12.5. The summed E-state index contributed by atoms with van der Waals surface area (Å²) in [6.45, 7) is 2.23. The predicted molar refractivity (Wildman–Crippen MR) is 134 cm³/mol. The average Bonchev–Trinajstić information content (AvgIpc) is 3.08. The van der Waals surface area contributed by atoms with E-state index < -0.39 is 11.2 Å². The summed E-state index contributed by atoms with van der Waals surface area (Å²) in [7, 11) is 0. The van der Waals surface area contributed by atoms with Gasteiger partial charge in [-0.25, -0.2) is 0 Å². The fraction of sp³-hybridized carbons (Fsp3) is 0.690. The van der Waals surface area contributed by atoms with Gasteiger partial charge in [-0.05, 0) is 98.1 Å². The predicted octanol–water partition coefficient (Wildman–Crippen LogP) is 4.64. The number of Topliss-reactive ketones (excluding diaryl/α,β-unsaturated/α-hetero) is 1. The third-order valence-corrected chi connectivity index (χ3v) is 12.0. The number of carbonyl (C=O) groups is 1. The molecule has 1 aromatic rings. The second kappa shape index (κ2) is 7.68. The van der Waals surface area contributed by atoms with Crippen LogP contribution in [0.4, 0.5) is 0 Å². The van der Waals surface area contributed by atoms with E-state index in [0.717, 1.165) is 38.5 Å². The summed E-state index contributed by atoms with van der Waals surface area (Å²) in [5, 5.41) is 33.5. The van der Waals surface area contributed by atoms with Crippen molar-refractivity contribution < 1.29 is 20.1 Å². The quantitative estimate of drug-likeness (QED) is 0.432. The second-order valence-electron chi connectivity index (χ2n) is 12.3. The van der Waals surface area contributed by atoms with Crippen LogP contribution >= 0.6 is 11.8 Å². The molecule has 5 heteroatoms. The van der Waals surface area contributed by atoms with E-state index in [1.807, 2.05) is 6.08 Å². The minimum atomic E-state index is -0.911. The summed E-state index contributed by atoms with van der Waals surface area (Å²) in [5.41, 5.74) is 0.412. The third kappa shape index (κ3) is 2.87. The largest absolute Gasteiger partial charge is 0.392 e. The molecule has 0 saturated heterocycles. The summed E-state index contributed by atoms with van der Waals surface area (Å²) in [6, 6.07) is 6.88. The van der Waals surface area contributed by atoms with Crippen molar-refractivity contribution in [3.05, 3.63) is 41.5 Å². The molecule has 4 fully saturated rings. The van der Waals surface area contributed by atoms with E-state index in [4.69, 9.17) is 0 Å². The molecular formula is C29H38O4S. The number of benzene rings is 1. The lowest BCUT2D eigenvalue weighted by Gasteiger charge is -2.68. The van der Waals surface area contributed by atoms with E-state index in [1.165, 1.54) is 16.0 Å². The van der Waals surface area contributed by atoms with E-state index in [9.17, 15) is 20.1 Å². The first-order valence-corrected chi connectivity index (χ1v) is 14.3. The molecule has 0 heterocycles. The zero-order chi connectivity index (χ0) is 23.9. The molecule has 5 aliphatic carbocycles. The van der Waals surface area contributed by atoms with Crippen LogP contribution in [0.15, 0.2) is 35.2 Å². The van der Waals surface area contributed by atoms with Gasteiger partial charge in [-0.2, -0.15) is 0 Å². The Kier molecular flexibility index (Phi) is 5.26. The molecule has 34 heavy (non-hydrogen) atoms. The summed E-state index contributed by atoms with van der Waals surface area (Å²) in [4.78, 5) is 13.8. The fourth-order valence-electron chi connectivity index (χ4n) is 9.79. The van der Waals surface area contributed by atoms with Crippen molar-refractivity contribution in [2.75, 3.05) is 12.9 Å². The van der Waals surface area contributed by atoms with E-state index in [1.54, 1.807) is 17.8 Å². The Balaban J connectivity index is 1.53. The van der Waals surface area contributed by atoms with Gasteiger partial charge in [-0.15, -0.1) is 11.8 Å². The van der Waals surface area contributed by atoms with Crippen LogP contribution in [0, 0.1) is 28.6 Å². The maximum atomic E-state index is 12.6. The number of hydrogen-bond acceptors (Lipinski definition) is 5. The monoisotopic (exact) mass is 482 g/mol. The van der Waals surface area contributed by atoms with Crippen LogP contribution in [-0.2, 0) is 11.2 Å². The molecule has 0 aliphatic heterocycles. The molecule has 3 N–H and O–H groups in total. The van der Waals surface area contributed by atoms with E-state index >= 15 is 0 Å². The number of hydrogen-bond donors (Lipinski definition) is 3. The van der Waals surface area contributed by atoms with Crippen LogP contribution in [0.3, 0.4) is 0 Å². The van der Waals surface area contributed by atoms with Gasteiger partial charge < -0.3 is 15.3 Å². The number of aliphatic hydroxyl groups excluding tert-OH is 1. The molecule has 4 saturated carbocycles. The third-order valence-electron chi connectivity index (χ3n) is 11.2. The number of aliphatic hydroxyl groups is 3. The van der Waals surface area contributed by atoms with Gasteiger partial charge in [-0.3, -0.25) is 4.79 Å². The molecule has 1 spiro atoms. The molecule has 0 aromatic heterocycles. The Morgan fingerprint density at radius 2 is 1.97 bits per heavy atom. The Hall–Kier alpha value is -1.14. The van der Waals surface area contributed by atoms with Crippen LogP contribution in [0.5, 0.6) is 0 Å². The smallest absolute Gasteiger partial charge is 0.135 e. The van der Waals surface area contributed by atoms with Gasteiger partial charge in [0.15, 0.2) is 0 Å². The lowest BCUT2D eigenvalue weighted by atomic mass is 9.37. The minimum Gasteiger partial charge on any atom is -0.392 e. The highest BCUT2D eigenvalue weighted by atomic mass is 32.2. The fourth-order valence-corrected chi connectivity index (χ4v) is 10.3. The molecule has 0 bridgehead atoms. The van der Waals surface area contributed by atoms with Gasteiger partial charge in [0, 0.05) is 28.6 Å². The van der Waals surface area contributed by atoms with Crippen molar-refractivity contribution in [1.82, 2.24) is 0 Å². The highest BCUT2D eigenvalue weighted by molar-refractivity contribution is 7.98. The van der Waals surface area contributed by atoms with Crippen LogP contribution in [0.1, 0.15) is 75.3 Å². The lowest BCUT2D eigenvalue weighted by Crippen LogP contribution is -2.68. The van der Waals surface area contributed by atoms with Crippen LogP contribution in [-0.4, -0.2) is 45.2 Å². The molecule has 0 amide bonds. The van der Waals surface area contributed by atoms with Crippen molar-refractivity contribution >= 4 is 17.5 Å². The van der Waals surface area contributed by atoms with E-state index in [0.29, 0.717) is 37.0 Å². The molecule has 184 valence electrons. The van der Waals surface area contributed by atoms with Crippen molar-refractivity contribution in [3.63, 3.8) is 0 Å². The number of thioether (sulfide) groups is 1. The van der Waals surface area contributed by atoms with Crippen molar-refractivity contribution in [3.8, 4) is 0 Å². The van der Waals surface area contributed by atoms with Crippen LogP contribution in [0.2, 0.25) is 0 Å². The van der Waals surface area contributed by atoms with Gasteiger partial charge in [0.2, 0.25) is 0 Å². The van der Waals surface area contributed by atoms with Gasteiger partial charge >= 0.3 is 0 Å². The number of ketones is 1. The topological polar surface area (TPSA) is 77.8 Å². The van der Waals surface area contributed by atoms with Crippen molar-refractivity contribution in [2.24, 2.45) is 28.6 Å². The van der Waals surface area contributed by atoms with E-state index in [2.05, 4.69) is 31.4 Å². The molecule has 0 radical (unpaired) electrons. The first-order chi connectivity index (χ1) is 16.2. The standard InChI is InChI=1S/C29H38O4S/c1-26-17-23-21-5-4-20(34-2)14-18(21)15-27-10-6-19(31)16-29(27,33)11-7-22(25(23)27)24(26)8-12-28(26,32)9-3-13-30/h3-5,9,14,22-25,30,32-33H,6-8,10-13,15-17H2,1-2H3/b9-3-/t22-,23?,24-,25?,26-,27-,28-,29+/m0/s1. The molecule has 5 aliphatic rings. The Bertz CT molecular complexity index is 1050. The lowest BCUT2D eigenvalue weighted by molar-refractivity contribution is -0.225. The average molecular weight is 483 g/mol. The first-order valence-electron chi connectivity index (χ1n) is 13.1. The summed E-state index contributed by atoms with van der Waals surface area (Å²) in [5.74, 6) is 1.69. The Labute approximate surface area is 207 Å². The van der Waals surface area contributed by atoms with Gasteiger partial charge in [0.05, 0.1) is 17.8 Å². The van der Waals surface area contributed by atoms with Crippen LogP contribution < -0.4 is 0 Å². The number of fused-ring (bicyclic) bond motifs is 4. The zero-order valence-electron chi connectivity index (χ0n) is 20.4. The second-order valence-corrected chi connectivity index (χ2v) is 13.1. The number of rotatable bonds is 3. The maximum absolute atomic E-state index is 12.6. The molecule has 6 rings (SSSR count). The highest BCUT2D eigenvalue weighted by Crippen LogP contribution is 2.74. The Morgan fingerprint density at radius 3 is 2.74 bits per heavy atom. The van der Waals surface area contributed by atoms with Gasteiger partial charge in [0.25, 0.3) is 0 Å². The van der Waals surface area contributed by atoms with Crippen molar-refractivity contribution in [2.45, 2.75) is 86.7 Å². The molecule has 1 aromatic carbocycles. The minimum absolute atomic E-state index is 0.0526. The van der Waals surface area contributed by atoms with E-state index in [-0.39, 0.29) is 29.1 Å². The highest BCUT2D eigenvalue weighted by Gasteiger charge is 2.71. The van der Waals surface area contributed by atoms with Gasteiger partial charge in [-0.1, -0.05) is 25.1 Å². The number of carbonyl (C=O) groups excluding carboxylic acids is 1. The molecule has 8 atom stereocenters. The SMILES string of the molecule is CSc1ccc2c(c1)C[C@]13CCC(=O)C[C@]1(O)CC[C@@H]1C3C2C[C@@]2(C)[C@H]1CC[C@@]2(O)/C=C\CO. The molecular weight excluding hydrogens is 444 g/mol.